The number of carbonyl (C=O) groups is 1. The number of anilines is 1. The van der Waals surface area contributed by atoms with Crippen molar-refractivity contribution in [3.63, 3.8) is 0 Å². The molecule has 4 heteroatoms. The molecule has 1 aromatic rings. The molecular formula is C13H15ClN2O. The first-order valence-electron chi connectivity index (χ1n) is 6.07. The van der Waals surface area contributed by atoms with Gasteiger partial charge in [-0.2, -0.15) is 0 Å². The van der Waals surface area contributed by atoms with Crippen LogP contribution < -0.4 is 5.32 Å². The van der Waals surface area contributed by atoms with E-state index in [1.165, 1.54) is 6.42 Å². The molecule has 0 spiro atoms. The van der Waals surface area contributed by atoms with E-state index in [4.69, 9.17) is 11.6 Å². The van der Waals surface area contributed by atoms with Crippen LogP contribution in [0.2, 0.25) is 5.15 Å². The topological polar surface area (TPSA) is 42.0 Å². The first-order valence-corrected chi connectivity index (χ1v) is 6.45. The molecule has 2 atom stereocenters. The van der Waals surface area contributed by atoms with Crippen LogP contribution in [-0.2, 0) is 4.79 Å². The molecule has 0 radical (unpaired) electrons. The van der Waals surface area contributed by atoms with Gasteiger partial charge in [-0.25, -0.2) is 4.98 Å². The van der Waals surface area contributed by atoms with Crippen molar-refractivity contribution in [3.05, 3.63) is 23.0 Å². The summed E-state index contributed by atoms with van der Waals surface area (Å²) in [5.41, 5.74) is 1.63. The van der Waals surface area contributed by atoms with Gasteiger partial charge in [0.25, 0.3) is 0 Å². The van der Waals surface area contributed by atoms with Gasteiger partial charge >= 0.3 is 0 Å². The molecule has 0 aromatic carbocycles. The van der Waals surface area contributed by atoms with Gasteiger partial charge in [-0.15, -0.1) is 0 Å². The third-order valence-corrected chi connectivity index (χ3v) is 4.26. The van der Waals surface area contributed by atoms with Crippen molar-refractivity contribution in [3.8, 4) is 0 Å². The van der Waals surface area contributed by atoms with Crippen LogP contribution in [0.5, 0.6) is 0 Å². The summed E-state index contributed by atoms with van der Waals surface area (Å²) in [4.78, 5) is 16.1. The largest absolute Gasteiger partial charge is 0.323 e. The standard InChI is InChI=1S/C13H15ClN2O/c1-7-2-3-15-12(14)11(7)16-13(17)10-5-8-4-9(8)6-10/h2-3,8-10H,4-6H2,1H3,(H,16,17). The zero-order valence-electron chi connectivity index (χ0n) is 9.74. The molecule has 3 nitrogen and oxygen atoms in total. The number of nitrogens with one attached hydrogen (secondary N) is 1. The fourth-order valence-electron chi connectivity index (χ4n) is 2.83. The second-order valence-electron chi connectivity index (χ2n) is 5.21. The van der Waals surface area contributed by atoms with E-state index in [0.717, 1.165) is 30.2 Å². The number of hydrogen-bond donors (Lipinski definition) is 1. The van der Waals surface area contributed by atoms with Crippen LogP contribution in [0.3, 0.4) is 0 Å². The number of nitrogens with zero attached hydrogens (tertiary/aromatic N) is 1. The smallest absolute Gasteiger partial charge is 0.227 e. The maximum atomic E-state index is 12.1. The van der Waals surface area contributed by atoms with Crippen molar-refractivity contribution in [2.24, 2.45) is 17.8 Å². The number of aryl methyl sites for hydroxylation is 1. The Labute approximate surface area is 106 Å². The van der Waals surface area contributed by atoms with Crippen LogP contribution in [-0.4, -0.2) is 10.9 Å². The van der Waals surface area contributed by atoms with Gasteiger partial charge in [0.1, 0.15) is 0 Å². The van der Waals surface area contributed by atoms with Gasteiger partial charge < -0.3 is 5.32 Å². The summed E-state index contributed by atoms with van der Waals surface area (Å²) in [7, 11) is 0. The minimum atomic E-state index is 0.107. The molecule has 1 N–H and O–H groups in total. The van der Waals surface area contributed by atoms with Crippen molar-refractivity contribution in [2.75, 3.05) is 5.32 Å². The minimum absolute atomic E-state index is 0.107. The Morgan fingerprint density at radius 3 is 2.76 bits per heavy atom. The molecule has 90 valence electrons. The highest BCUT2D eigenvalue weighted by molar-refractivity contribution is 6.32. The average molecular weight is 251 g/mol. The average Bonchev–Trinajstić information content (AvgIpc) is 2.91. The van der Waals surface area contributed by atoms with Crippen molar-refractivity contribution in [1.29, 1.82) is 0 Å². The van der Waals surface area contributed by atoms with Gasteiger partial charge in [-0.3, -0.25) is 4.79 Å². The van der Waals surface area contributed by atoms with Crippen LogP contribution in [0.4, 0.5) is 5.69 Å². The molecule has 2 unspecified atom stereocenters. The molecule has 17 heavy (non-hydrogen) atoms. The van der Waals surface area contributed by atoms with Gasteiger partial charge in [0.15, 0.2) is 5.15 Å². The fourth-order valence-corrected chi connectivity index (χ4v) is 3.08. The van der Waals surface area contributed by atoms with Gasteiger partial charge in [-0.1, -0.05) is 11.6 Å². The number of halogens is 1. The van der Waals surface area contributed by atoms with Crippen molar-refractivity contribution in [2.45, 2.75) is 26.2 Å². The lowest BCUT2D eigenvalue weighted by molar-refractivity contribution is -0.120. The minimum Gasteiger partial charge on any atom is -0.323 e. The lowest BCUT2D eigenvalue weighted by atomic mass is 10.0. The summed E-state index contributed by atoms with van der Waals surface area (Å²) in [6, 6.07) is 1.85. The van der Waals surface area contributed by atoms with E-state index in [-0.39, 0.29) is 11.8 Å². The van der Waals surface area contributed by atoms with Gasteiger partial charge in [-0.05, 0) is 49.7 Å². The van der Waals surface area contributed by atoms with E-state index in [2.05, 4.69) is 10.3 Å². The first kappa shape index (κ1) is 11.0. The van der Waals surface area contributed by atoms with E-state index < -0.39 is 0 Å². The second-order valence-corrected chi connectivity index (χ2v) is 5.57. The molecule has 0 aliphatic heterocycles. The highest BCUT2D eigenvalue weighted by Crippen LogP contribution is 2.54. The maximum Gasteiger partial charge on any atom is 0.227 e. The van der Waals surface area contributed by atoms with E-state index in [1.807, 2.05) is 13.0 Å². The van der Waals surface area contributed by atoms with Crippen molar-refractivity contribution >= 4 is 23.2 Å². The Bertz CT molecular complexity index is 444. The summed E-state index contributed by atoms with van der Waals surface area (Å²) in [5, 5.41) is 3.30. The summed E-state index contributed by atoms with van der Waals surface area (Å²) < 4.78 is 0. The Kier molecular flexibility index (Phi) is 2.58. The van der Waals surface area contributed by atoms with Gasteiger partial charge in [0.05, 0.1) is 5.69 Å². The molecule has 2 fully saturated rings. The first-order chi connectivity index (χ1) is 8.15. The quantitative estimate of drug-likeness (QED) is 0.820. The van der Waals surface area contributed by atoms with E-state index >= 15 is 0 Å². The molecule has 2 aliphatic rings. The van der Waals surface area contributed by atoms with E-state index in [9.17, 15) is 4.79 Å². The van der Waals surface area contributed by atoms with E-state index in [0.29, 0.717) is 10.8 Å². The molecule has 1 aromatic heterocycles. The summed E-state index contributed by atoms with van der Waals surface area (Å²) in [6.07, 6.45) is 5.08. The highest BCUT2D eigenvalue weighted by atomic mass is 35.5. The monoisotopic (exact) mass is 250 g/mol. The highest BCUT2D eigenvalue weighted by Gasteiger charge is 2.48. The fraction of sp³-hybridized carbons (Fsp3) is 0.538. The predicted molar refractivity (Wildman–Crippen MR) is 66.9 cm³/mol. The number of rotatable bonds is 2. The Hall–Kier alpha value is -1.09. The summed E-state index contributed by atoms with van der Waals surface area (Å²) in [5.74, 6) is 1.91. The lowest BCUT2D eigenvalue weighted by Gasteiger charge is -2.14. The number of aromatic nitrogens is 1. The normalized spacial score (nSPS) is 29.9. The van der Waals surface area contributed by atoms with Crippen LogP contribution in [0.25, 0.3) is 0 Å². The van der Waals surface area contributed by atoms with Crippen molar-refractivity contribution in [1.82, 2.24) is 4.98 Å². The van der Waals surface area contributed by atoms with Crippen LogP contribution in [0, 0.1) is 24.7 Å². The molecule has 3 rings (SSSR count). The SMILES string of the molecule is Cc1ccnc(Cl)c1NC(=O)C1CC2CC2C1. The Morgan fingerprint density at radius 1 is 1.41 bits per heavy atom. The predicted octanol–water partition coefficient (Wildman–Crippen LogP) is 3.03. The third-order valence-electron chi connectivity index (χ3n) is 3.98. The summed E-state index contributed by atoms with van der Waals surface area (Å²) in [6.45, 7) is 1.93. The molecule has 2 saturated carbocycles. The van der Waals surface area contributed by atoms with Gasteiger partial charge in [0, 0.05) is 12.1 Å². The number of carbonyl (C=O) groups excluding carboxylic acids is 1. The van der Waals surface area contributed by atoms with Gasteiger partial charge in [0.2, 0.25) is 5.91 Å². The zero-order valence-corrected chi connectivity index (χ0v) is 10.5. The zero-order chi connectivity index (χ0) is 12.0. The van der Waals surface area contributed by atoms with Crippen molar-refractivity contribution < 1.29 is 4.79 Å². The van der Waals surface area contributed by atoms with Crippen LogP contribution >= 0.6 is 11.6 Å². The molecule has 0 bridgehead atoms. The third kappa shape index (κ3) is 2.04. The van der Waals surface area contributed by atoms with Crippen LogP contribution in [0.1, 0.15) is 24.8 Å². The Balaban J connectivity index is 1.72. The molecule has 2 aliphatic carbocycles. The second kappa shape index (κ2) is 3.98. The molecule has 0 saturated heterocycles. The number of pyridine rings is 1. The lowest BCUT2D eigenvalue weighted by Crippen LogP contribution is -2.22. The molecular weight excluding hydrogens is 236 g/mol. The number of amides is 1. The maximum absolute atomic E-state index is 12.1. The Morgan fingerprint density at radius 2 is 2.12 bits per heavy atom. The molecule has 1 heterocycles. The number of fused-ring (bicyclic) bond motifs is 1. The molecule has 1 amide bonds. The number of hydrogen-bond acceptors (Lipinski definition) is 2. The van der Waals surface area contributed by atoms with Crippen LogP contribution in [0.15, 0.2) is 12.3 Å². The van der Waals surface area contributed by atoms with E-state index in [1.54, 1.807) is 6.20 Å². The summed E-state index contributed by atoms with van der Waals surface area (Å²) >= 11 is 5.99.